The molecule has 0 amide bonds. The number of nitrogens with zero attached hydrogens (tertiary/aromatic N) is 2. The zero-order valence-electron chi connectivity index (χ0n) is 23.6. The van der Waals surface area contributed by atoms with E-state index in [1.54, 1.807) is 12.4 Å². The second-order valence-electron chi connectivity index (χ2n) is 12.4. The predicted octanol–water partition coefficient (Wildman–Crippen LogP) is 8.17. The average molecular weight is 503 g/mol. The fourth-order valence-corrected chi connectivity index (χ4v) is 6.43. The van der Waals surface area contributed by atoms with Gasteiger partial charge in [0, 0.05) is 36.9 Å². The fraction of sp³-hybridized carbons (Fsp3) is 0.606. The van der Waals surface area contributed by atoms with Crippen LogP contribution in [0.4, 0.5) is 0 Å². The highest BCUT2D eigenvalue weighted by Crippen LogP contribution is 2.43. The van der Waals surface area contributed by atoms with E-state index in [9.17, 15) is 4.79 Å². The summed E-state index contributed by atoms with van der Waals surface area (Å²) >= 11 is 0. The minimum atomic E-state index is 0.0966. The molecule has 0 radical (unpaired) electrons. The molecule has 4 unspecified atom stereocenters. The molecule has 2 aliphatic rings. The zero-order valence-corrected chi connectivity index (χ0v) is 23.6. The van der Waals surface area contributed by atoms with Crippen molar-refractivity contribution in [2.45, 2.75) is 110 Å². The number of hydrogen-bond acceptors (Lipinski definition) is 4. The van der Waals surface area contributed by atoms with Gasteiger partial charge in [0.15, 0.2) is 5.78 Å². The smallest absolute Gasteiger partial charge is 0.163 e. The van der Waals surface area contributed by atoms with E-state index >= 15 is 0 Å². The Hall–Kier alpha value is -2.49. The Balaban J connectivity index is 1.44. The first-order chi connectivity index (χ1) is 17.8. The Morgan fingerprint density at radius 3 is 2.68 bits per heavy atom. The van der Waals surface area contributed by atoms with Crippen LogP contribution in [0.1, 0.15) is 118 Å². The van der Waals surface area contributed by atoms with E-state index in [-0.39, 0.29) is 17.2 Å². The number of hydrogen-bond donors (Lipinski definition) is 0. The largest absolute Gasteiger partial charge is 0.468 e. The van der Waals surface area contributed by atoms with Crippen molar-refractivity contribution in [3.63, 3.8) is 0 Å². The van der Waals surface area contributed by atoms with Crippen molar-refractivity contribution in [3.05, 3.63) is 58.5 Å². The minimum absolute atomic E-state index is 0.0966. The molecule has 2 aromatic rings. The van der Waals surface area contributed by atoms with Crippen LogP contribution >= 0.6 is 0 Å². The van der Waals surface area contributed by atoms with E-state index in [4.69, 9.17) is 4.42 Å². The summed E-state index contributed by atoms with van der Waals surface area (Å²) in [4.78, 5) is 22.4. The average Bonchev–Trinajstić information content (AvgIpc) is 3.01. The van der Waals surface area contributed by atoms with Crippen LogP contribution in [0.25, 0.3) is 0 Å². The molecule has 1 fully saturated rings. The molecular formula is C33H46N2O2. The summed E-state index contributed by atoms with van der Waals surface area (Å²) in [6.45, 7) is 12.3. The van der Waals surface area contributed by atoms with Gasteiger partial charge in [0.1, 0.15) is 5.76 Å². The second-order valence-corrected chi connectivity index (χ2v) is 12.4. The molecule has 4 nitrogen and oxygen atoms in total. The fourth-order valence-electron chi connectivity index (χ4n) is 6.43. The Morgan fingerprint density at radius 1 is 1.08 bits per heavy atom. The normalized spacial score (nSPS) is 24.6. The highest BCUT2D eigenvalue weighted by atomic mass is 16.3. The summed E-state index contributed by atoms with van der Waals surface area (Å²) in [5.41, 5.74) is 4.88. The summed E-state index contributed by atoms with van der Waals surface area (Å²) in [7, 11) is 0. The van der Waals surface area contributed by atoms with Crippen LogP contribution in [-0.4, -0.2) is 30.8 Å². The van der Waals surface area contributed by atoms with Gasteiger partial charge in [-0.15, -0.1) is 0 Å². The molecule has 1 aromatic carbocycles. The maximum atomic E-state index is 13.5. The molecule has 0 N–H and O–H groups in total. The van der Waals surface area contributed by atoms with Crippen molar-refractivity contribution in [3.8, 4) is 0 Å². The topological polar surface area (TPSA) is 54.9 Å². The van der Waals surface area contributed by atoms with E-state index in [1.807, 2.05) is 24.5 Å². The van der Waals surface area contributed by atoms with Gasteiger partial charge in [0.25, 0.3) is 0 Å². The zero-order chi connectivity index (χ0) is 26.4. The van der Waals surface area contributed by atoms with Gasteiger partial charge in [-0.3, -0.25) is 14.8 Å². The van der Waals surface area contributed by atoms with Crippen LogP contribution in [0.15, 0.2) is 44.9 Å². The summed E-state index contributed by atoms with van der Waals surface area (Å²) in [5, 5.41) is 0. The first kappa shape index (κ1) is 27.5. The van der Waals surface area contributed by atoms with E-state index < -0.39 is 0 Å². The number of carbonyl (C=O) groups is 1. The highest BCUT2D eigenvalue weighted by molar-refractivity contribution is 6.16. The Morgan fingerprint density at radius 2 is 1.89 bits per heavy atom. The van der Waals surface area contributed by atoms with Crippen molar-refractivity contribution in [1.29, 1.82) is 0 Å². The van der Waals surface area contributed by atoms with Gasteiger partial charge in [-0.05, 0) is 78.9 Å². The SMILES string of the molecule is CCc1c(C(C)(C)C)coc1C1CCC(C)CC(CCC(=O)c2ccccc2CC2CCN=CC=N2)C1. The molecule has 4 rings (SSSR count). The second kappa shape index (κ2) is 12.4. The molecule has 1 saturated carbocycles. The molecule has 1 aliphatic heterocycles. The molecule has 0 spiro atoms. The molecule has 0 saturated heterocycles. The first-order valence-corrected chi connectivity index (χ1v) is 14.5. The summed E-state index contributed by atoms with van der Waals surface area (Å²) in [6, 6.07) is 8.35. The van der Waals surface area contributed by atoms with Gasteiger partial charge in [-0.25, -0.2) is 0 Å². The Bertz CT molecular complexity index is 1100. The van der Waals surface area contributed by atoms with Crippen molar-refractivity contribution in [2.75, 3.05) is 6.54 Å². The maximum Gasteiger partial charge on any atom is 0.163 e. The van der Waals surface area contributed by atoms with Gasteiger partial charge in [-0.2, -0.15) is 0 Å². The number of aliphatic imine (C=N–C) groups is 2. The summed E-state index contributed by atoms with van der Waals surface area (Å²) < 4.78 is 6.30. The van der Waals surface area contributed by atoms with Crippen LogP contribution in [0, 0.1) is 11.8 Å². The predicted molar refractivity (Wildman–Crippen MR) is 155 cm³/mol. The van der Waals surface area contributed by atoms with Crippen LogP contribution in [0.3, 0.4) is 0 Å². The first-order valence-electron chi connectivity index (χ1n) is 14.5. The van der Waals surface area contributed by atoms with Gasteiger partial charge in [0.05, 0.1) is 12.3 Å². The third-order valence-corrected chi connectivity index (χ3v) is 8.43. The summed E-state index contributed by atoms with van der Waals surface area (Å²) in [6.07, 6.45) is 14.7. The van der Waals surface area contributed by atoms with Gasteiger partial charge in [-0.1, -0.05) is 65.3 Å². The third kappa shape index (κ3) is 7.09. The quantitative estimate of drug-likeness (QED) is 0.270. The van der Waals surface area contributed by atoms with Crippen molar-refractivity contribution >= 4 is 18.2 Å². The Labute approximate surface area is 224 Å². The molecule has 2 heterocycles. The lowest BCUT2D eigenvalue weighted by Gasteiger charge is -2.22. The minimum Gasteiger partial charge on any atom is -0.468 e. The van der Waals surface area contributed by atoms with E-state index in [0.29, 0.717) is 24.2 Å². The molecule has 4 heteroatoms. The number of Topliss-reactive ketones (excluding diaryl/α,β-unsaturated/α-hetero) is 1. The lowest BCUT2D eigenvalue weighted by molar-refractivity contribution is 0.0969. The molecule has 200 valence electrons. The monoisotopic (exact) mass is 502 g/mol. The summed E-state index contributed by atoms with van der Waals surface area (Å²) in [5.74, 6) is 3.19. The molecule has 37 heavy (non-hydrogen) atoms. The van der Waals surface area contributed by atoms with Crippen molar-refractivity contribution in [1.82, 2.24) is 0 Å². The third-order valence-electron chi connectivity index (χ3n) is 8.43. The highest BCUT2D eigenvalue weighted by Gasteiger charge is 2.31. The lowest BCUT2D eigenvalue weighted by Crippen LogP contribution is -2.15. The number of benzene rings is 1. The maximum absolute atomic E-state index is 13.5. The van der Waals surface area contributed by atoms with Crippen LogP contribution in [-0.2, 0) is 18.3 Å². The van der Waals surface area contributed by atoms with Crippen LogP contribution in [0.2, 0.25) is 0 Å². The van der Waals surface area contributed by atoms with E-state index in [0.717, 1.165) is 49.8 Å². The molecule has 4 atom stereocenters. The molecule has 1 aromatic heterocycles. The van der Waals surface area contributed by atoms with E-state index in [2.05, 4.69) is 50.7 Å². The number of rotatable bonds is 8. The number of furan rings is 1. The number of ketones is 1. The van der Waals surface area contributed by atoms with Gasteiger partial charge >= 0.3 is 0 Å². The van der Waals surface area contributed by atoms with Crippen LogP contribution < -0.4 is 0 Å². The van der Waals surface area contributed by atoms with Crippen molar-refractivity contribution < 1.29 is 9.21 Å². The van der Waals surface area contributed by atoms with Crippen molar-refractivity contribution in [2.24, 2.45) is 21.8 Å². The lowest BCUT2D eigenvalue weighted by atomic mass is 9.81. The molecule has 1 aliphatic carbocycles. The van der Waals surface area contributed by atoms with Crippen LogP contribution in [0.5, 0.6) is 0 Å². The molecular weight excluding hydrogens is 456 g/mol. The van der Waals surface area contributed by atoms with E-state index in [1.165, 1.54) is 36.1 Å². The molecule has 0 bridgehead atoms. The standard InChI is InChI=1S/C33H46N2O2/c1-6-28-30(33(3,4)5)22-37-32(28)26-13-11-23(2)19-24(20-26)12-14-31(36)29-10-8-7-9-25(29)21-27-15-16-34-17-18-35-27/h7-10,17-18,22-24,26-27H,6,11-16,19-21H2,1-5H3. The van der Waals surface area contributed by atoms with Gasteiger partial charge in [0.2, 0.25) is 0 Å². The number of carbonyl (C=O) groups excluding carboxylic acids is 1. The Kier molecular flexibility index (Phi) is 9.21. The van der Waals surface area contributed by atoms with Gasteiger partial charge < -0.3 is 4.42 Å².